The standard InChI is InChI=1S/C12H14O3/c1-8-10(13)7-11(14)15-12(8)9-5-3-2-4-6-9/h2-6,8,10,12-13H,7H2,1H3/t8-,10-,12+/m0/s1. The van der Waals surface area contributed by atoms with Gasteiger partial charge < -0.3 is 9.84 Å². The molecule has 0 amide bonds. The van der Waals surface area contributed by atoms with Crippen LogP contribution in [-0.4, -0.2) is 17.2 Å². The fourth-order valence-corrected chi connectivity index (χ4v) is 1.87. The Morgan fingerprint density at radius 1 is 1.33 bits per heavy atom. The number of hydrogen-bond acceptors (Lipinski definition) is 3. The van der Waals surface area contributed by atoms with E-state index in [2.05, 4.69) is 0 Å². The molecule has 0 aliphatic carbocycles. The highest BCUT2D eigenvalue weighted by Crippen LogP contribution is 2.33. The number of ether oxygens (including phenoxy) is 1. The summed E-state index contributed by atoms with van der Waals surface area (Å²) in [5.74, 6) is -0.375. The SMILES string of the molecule is C[C@H]1[C@@H](O)CC(=O)O[C@H]1c1ccccc1. The minimum absolute atomic E-state index is 0.0508. The third-order valence-corrected chi connectivity index (χ3v) is 2.85. The fraction of sp³-hybridized carbons (Fsp3) is 0.417. The van der Waals surface area contributed by atoms with E-state index in [9.17, 15) is 9.90 Å². The topological polar surface area (TPSA) is 46.5 Å². The van der Waals surface area contributed by atoms with E-state index < -0.39 is 6.10 Å². The fourth-order valence-electron chi connectivity index (χ4n) is 1.87. The van der Waals surface area contributed by atoms with Crippen molar-refractivity contribution >= 4 is 5.97 Å². The molecule has 3 heteroatoms. The van der Waals surface area contributed by atoms with Crippen LogP contribution in [0.1, 0.15) is 25.0 Å². The Kier molecular flexibility index (Phi) is 2.73. The molecule has 1 aliphatic rings. The molecule has 15 heavy (non-hydrogen) atoms. The third-order valence-electron chi connectivity index (χ3n) is 2.85. The zero-order valence-corrected chi connectivity index (χ0v) is 8.59. The molecular formula is C12H14O3. The quantitative estimate of drug-likeness (QED) is 0.711. The first-order valence-corrected chi connectivity index (χ1v) is 5.11. The van der Waals surface area contributed by atoms with Crippen LogP contribution in [0.25, 0.3) is 0 Å². The van der Waals surface area contributed by atoms with Crippen molar-refractivity contribution in [2.75, 3.05) is 0 Å². The Morgan fingerprint density at radius 3 is 2.67 bits per heavy atom. The zero-order valence-electron chi connectivity index (χ0n) is 8.59. The summed E-state index contributed by atoms with van der Waals surface area (Å²) in [6, 6.07) is 9.53. The van der Waals surface area contributed by atoms with Gasteiger partial charge in [0.25, 0.3) is 0 Å². The van der Waals surface area contributed by atoms with E-state index in [4.69, 9.17) is 4.74 Å². The van der Waals surface area contributed by atoms with E-state index in [1.807, 2.05) is 37.3 Å². The van der Waals surface area contributed by atoms with Gasteiger partial charge in [0, 0.05) is 5.92 Å². The molecule has 0 saturated carbocycles. The predicted molar refractivity (Wildman–Crippen MR) is 55.1 cm³/mol. The van der Waals surface area contributed by atoms with Crippen molar-refractivity contribution in [1.29, 1.82) is 0 Å². The van der Waals surface area contributed by atoms with Crippen molar-refractivity contribution in [3.8, 4) is 0 Å². The smallest absolute Gasteiger partial charge is 0.309 e. The van der Waals surface area contributed by atoms with Gasteiger partial charge in [0.15, 0.2) is 0 Å². The van der Waals surface area contributed by atoms with E-state index in [0.717, 1.165) is 5.56 Å². The summed E-state index contributed by atoms with van der Waals surface area (Å²) in [5.41, 5.74) is 0.942. The summed E-state index contributed by atoms with van der Waals surface area (Å²) in [6.45, 7) is 1.90. The second kappa shape index (κ2) is 4.03. The lowest BCUT2D eigenvalue weighted by atomic mass is 9.89. The maximum Gasteiger partial charge on any atom is 0.309 e. The number of benzene rings is 1. The van der Waals surface area contributed by atoms with Gasteiger partial charge in [-0.2, -0.15) is 0 Å². The molecule has 3 atom stereocenters. The van der Waals surface area contributed by atoms with Crippen molar-refractivity contribution in [2.24, 2.45) is 5.92 Å². The molecule has 1 aromatic carbocycles. The van der Waals surface area contributed by atoms with E-state index in [1.165, 1.54) is 0 Å². The summed E-state index contributed by atoms with van der Waals surface area (Å²) in [5, 5.41) is 9.68. The Labute approximate surface area is 88.7 Å². The molecular weight excluding hydrogens is 192 g/mol. The van der Waals surface area contributed by atoms with E-state index in [1.54, 1.807) is 0 Å². The summed E-state index contributed by atoms with van der Waals surface area (Å²) >= 11 is 0. The highest BCUT2D eigenvalue weighted by molar-refractivity contribution is 5.71. The van der Waals surface area contributed by atoms with E-state index in [0.29, 0.717) is 0 Å². The normalized spacial score (nSPS) is 31.1. The summed E-state index contributed by atoms with van der Waals surface area (Å²) in [7, 11) is 0. The molecule has 1 aromatic rings. The van der Waals surface area contributed by atoms with Gasteiger partial charge in [-0.05, 0) is 5.56 Å². The Hall–Kier alpha value is -1.35. The van der Waals surface area contributed by atoms with Crippen LogP contribution in [0.15, 0.2) is 30.3 Å². The van der Waals surface area contributed by atoms with Crippen LogP contribution in [0.2, 0.25) is 0 Å². The molecule has 0 bridgehead atoms. The van der Waals surface area contributed by atoms with Crippen LogP contribution in [0, 0.1) is 5.92 Å². The van der Waals surface area contributed by atoms with E-state index >= 15 is 0 Å². The number of esters is 1. The number of rotatable bonds is 1. The van der Waals surface area contributed by atoms with Gasteiger partial charge in [0.1, 0.15) is 6.10 Å². The first-order chi connectivity index (χ1) is 7.18. The molecule has 80 valence electrons. The van der Waals surface area contributed by atoms with Crippen molar-refractivity contribution < 1.29 is 14.6 Å². The van der Waals surface area contributed by atoms with Crippen LogP contribution in [-0.2, 0) is 9.53 Å². The molecule has 3 nitrogen and oxygen atoms in total. The van der Waals surface area contributed by atoms with Gasteiger partial charge >= 0.3 is 5.97 Å². The molecule has 1 fully saturated rings. The molecule has 2 rings (SSSR count). The second-order valence-corrected chi connectivity index (χ2v) is 3.95. The summed E-state index contributed by atoms with van der Waals surface area (Å²) in [4.78, 5) is 11.2. The summed E-state index contributed by atoms with van der Waals surface area (Å²) < 4.78 is 5.26. The molecule has 0 unspecified atom stereocenters. The molecule has 0 aromatic heterocycles. The average molecular weight is 206 g/mol. The molecule has 1 aliphatic heterocycles. The highest BCUT2D eigenvalue weighted by atomic mass is 16.5. The lowest BCUT2D eigenvalue weighted by molar-refractivity contribution is -0.167. The number of cyclic esters (lactones) is 1. The van der Waals surface area contributed by atoms with Crippen LogP contribution in [0.5, 0.6) is 0 Å². The van der Waals surface area contributed by atoms with Gasteiger partial charge in [-0.3, -0.25) is 4.79 Å². The zero-order chi connectivity index (χ0) is 10.8. The van der Waals surface area contributed by atoms with Crippen molar-refractivity contribution in [2.45, 2.75) is 25.6 Å². The second-order valence-electron chi connectivity index (χ2n) is 3.95. The number of hydrogen-bond donors (Lipinski definition) is 1. The largest absolute Gasteiger partial charge is 0.457 e. The minimum atomic E-state index is -0.601. The number of carbonyl (C=O) groups is 1. The molecule has 0 spiro atoms. The van der Waals surface area contributed by atoms with Crippen LogP contribution >= 0.6 is 0 Å². The van der Waals surface area contributed by atoms with Crippen LogP contribution < -0.4 is 0 Å². The average Bonchev–Trinajstić information content (AvgIpc) is 2.24. The Balaban J connectivity index is 2.24. The minimum Gasteiger partial charge on any atom is -0.457 e. The number of aliphatic hydroxyl groups excluding tert-OH is 1. The maximum atomic E-state index is 11.2. The Morgan fingerprint density at radius 2 is 2.00 bits per heavy atom. The van der Waals surface area contributed by atoms with Gasteiger partial charge in [-0.25, -0.2) is 0 Å². The molecule has 0 radical (unpaired) electrons. The number of aliphatic hydroxyl groups is 1. The lowest BCUT2D eigenvalue weighted by Crippen LogP contribution is -2.35. The van der Waals surface area contributed by atoms with Crippen LogP contribution in [0.4, 0.5) is 0 Å². The van der Waals surface area contributed by atoms with Crippen LogP contribution in [0.3, 0.4) is 0 Å². The van der Waals surface area contributed by atoms with Crippen molar-refractivity contribution in [3.63, 3.8) is 0 Å². The van der Waals surface area contributed by atoms with Gasteiger partial charge in [-0.1, -0.05) is 37.3 Å². The number of carbonyl (C=O) groups excluding carboxylic acids is 1. The molecule has 1 saturated heterocycles. The monoisotopic (exact) mass is 206 g/mol. The highest BCUT2D eigenvalue weighted by Gasteiger charge is 2.35. The Bertz CT molecular complexity index is 347. The lowest BCUT2D eigenvalue weighted by Gasteiger charge is -2.32. The molecule has 1 heterocycles. The van der Waals surface area contributed by atoms with Crippen molar-refractivity contribution in [3.05, 3.63) is 35.9 Å². The van der Waals surface area contributed by atoms with Gasteiger partial charge in [0.2, 0.25) is 0 Å². The van der Waals surface area contributed by atoms with Gasteiger partial charge in [0.05, 0.1) is 12.5 Å². The first-order valence-electron chi connectivity index (χ1n) is 5.11. The van der Waals surface area contributed by atoms with Gasteiger partial charge in [-0.15, -0.1) is 0 Å². The summed E-state index contributed by atoms with van der Waals surface area (Å²) in [6.07, 6.45) is -0.816. The first kappa shape index (κ1) is 10.2. The maximum absolute atomic E-state index is 11.2. The predicted octanol–water partition coefficient (Wildman–Crippen LogP) is 1.67. The molecule has 1 N–H and O–H groups in total. The third kappa shape index (κ3) is 2.02. The van der Waals surface area contributed by atoms with E-state index in [-0.39, 0.29) is 24.4 Å². The van der Waals surface area contributed by atoms with Crippen molar-refractivity contribution in [1.82, 2.24) is 0 Å².